The van der Waals surface area contributed by atoms with Gasteiger partial charge in [0.2, 0.25) is 5.95 Å². The lowest BCUT2D eigenvalue weighted by Gasteiger charge is -2.33. The van der Waals surface area contributed by atoms with Crippen molar-refractivity contribution in [3.8, 4) is 0 Å². The van der Waals surface area contributed by atoms with Gasteiger partial charge in [0.05, 0.1) is 12.1 Å². The van der Waals surface area contributed by atoms with Crippen molar-refractivity contribution in [3.05, 3.63) is 12.0 Å². The molecular formula is C12H16F4N4. The second kappa shape index (κ2) is 5.80. The molecule has 112 valence electrons. The predicted molar refractivity (Wildman–Crippen MR) is 67.1 cm³/mol. The van der Waals surface area contributed by atoms with Crippen molar-refractivity contribution in [2.45, 2.75) is 25.9 Å². The van der Waals surface area contributed by atoms with E-state index in [9.17, 15) is 17.6 Å². The maximum atomic E-state index is 13.7. The molecule has 1 saturated heterocycles. The fourth-order valence-corrected chi connectivity index (χ4v) is 2.24. The number of rotatable bonds is 3. The predicted octanol–water partition coefficient (Wildman–Crippen LogP) is 2.83. The van der Waals surface area contributed by atoms with E-state index in [1.807, 2.05) is 6.92 Å². The zero-order chi connectivity index (χ0) is 14.8. The zero-order valence-electron chi connectivity index (χ0n) is 11.0. The summed E-state index contributed by atoms with van der Waals surface area (Å²) in [5.41, 5.74) is 0. The summed E-state index contributed by atoms with van der Waals surface area (Å²) in [6, 6.07) is 0. The van der Waals surface area contributed by atoms with Crippen LogP contribution in [-0.2, 0) is 0 Å². The number of nitrogens with zero attached hydrogens (tertiary/aromatic N) is 3. The second-order valence-electron chi connectivity index (χ2n) is 4.70. The molecule has 2 heterocycles. The Balaban J connectivity index is 2.08. The SMILES string of the molecule is CCNc1ncc(F)c(N2CCC(C(F)(F)F)CC2)n1. The molecule has 0 atom stereocenters. The first-order chi connectivity index (χ1) is 9.41. The van der Waals surface area contributed by atoms with Crippen LogP contribution in [0, 0.1) is 11.7 Å². The maximum absolute atomic E-state index is 13.7. The first-order valence-corrected chi connectivity index (χ1v) is 6.50. The Morgan fingerprint density at radius 2 is 2.00 bits per heavy atom. The number of aromatic nitrogens is 2. The first kappa shape index (κ1) is 14.8. The van der Waals surface area contributed by atoms with Gasteiger partial charge in [0.25, 0.3) is 0 Å². The van der Waals surface area contributed by atoms with E-state index in [4.69, 9.17) is 0 Å². The summed E-state index contributed by atoms with van der Waals surface area (Å²) in [5, 5.41) is 2.85. The van der Waals surface area contributed by atoms with Crippen LogP contribution in [0.15, 0.2) is 6.20 Å². The van der Waals surface area contributed by atoms with E-state index >= 15 is 0 Å². The van der Waals surface area contributed by atoms with Gasteiger partial charge in [-0.25, -0.2) is 9.37 Å². The number of nitrogens with one attached hydrogen (secondary N) is 1. The molecular weight excluding hydrogens is 276 g/mol. The molecule has 1 aromatic heterocycles. The summed E-state index contributed by atoms with van der Waals surface area (Å²) < 4.78 is 51.5. The van der Waals surface area contributed by atoms with Gasteiger partial charge in [0, 0.05) is 19.6 Å². The molecule has 4 nitrogen and oxygen atoms in total. The monoisotopic (exact) mass is 292 g/mol. The minimum atomic E-state index is -4.18. The fraction of sp³-hybridized carbons (Fsp3) is 0.667. The van der Waals surface area contributed by atoms with Gasteiger partial charge in [-0.15, -0.1) is 0 Å². The average Bonchev–Trinajstić information content (AvgIpc) is 2.40. The van der Waals surface area contributed by atoms with E-state index in [1.54, 1.807) is 4.90 Å². The van der Waals surface area contributed by atoms with Crippen LogP contribution in [0.1, 0.15) is 19.8 Å². The standard InChI is InChI=1S/C12H16F4N4/c1-2-17-11-18-7-9(13)10(19-11)20-5-3-8(4-6-20)12(14,15)16/h7-8H,2-6H2,1H3,(H,17,18,19). The molecule has 0 amide bonds. The van der Waals surface area contributed by atoms with Crippen LogP contribution in [0.25, 0.3) is 0 Å². The second-order valence-corrected chi connectivity index (χ2v) is 4.70. The summed E-state index contributed by atoms with van der Waals surface area (Å²) >= 11 is 0. The Hall–Kier alpha value is -1.60. The molecule has 1 aliphatic rings. The quantitative estimate of drug-likeness (QED) is 0.870. The van der Waals surface area contributed by atoms with Crippen molar-refractivity contribution >= 4 is 11.8 Å². The normalized spacial score (nSPS) is 17.4. The molecule has 0 bridgehead atoms. The molecule has 0 saturated carbocycles. The lowest BCUT2D eigenvalue weighted by atomic mass is 9.96. The highest BCUT2D eigenvalue weighted by Crippen LogP contribution is 2.35. The van der Waals surface area contributed by atoms with E-state index in [2.05, 4.69) is 15.3 Å². The molecule has 1 aliphatic heterocycles. The van der Waals surface area contributed by atoms with Gasteiger partial charge >= 0.3 is 6.18 Å². The summed E-state index contributed by atoms with van der Waals surface area (Å²) in [7, 11) is 0. The zero-order valence-corrected chi connectivity index (χ0v) is 11.0. The van der Waals surface area contributed by atoms with Gasteiger partial charge in [-0.05, 0) is 19.8 Å². The molecule has 0 aromatic carbocycles. The van der Waals surface area contributed by atoms with Crippen LogP contribution in [0.4, 0.5) is 29.3 Å². The smallest absolute Gasteiger partial charge is 0.354 e. The highest BCUT2D eigenvalue weighted by Gasteiger charge is 2.41. The molecule has 0 spiro atoms. The molecule has 1 aromatic rings. The van der Waals surface area contributed by atoms with Crippen LogP contribution >= 0.6 is 0 Å². The summed E-state index contributed by atoms with van der Waals surface area (Å²) in [4.78, 5) is 9.34. The Morgan fingerprint density at radius 1 is 1.35 bits per heavy atom. The molecule has 0 radical (unpaired) electrons. The summed E-state index contributed by atoms with van der Waals surface area (Å²) in [5.74, 6) is -1.58. The van der Waals surface area contributed by atoms with Crippen LogP contribution in [0.3, 0.4) is 0 Å². The lowest BCUT2D eigenvalue weighted by Crippen LogP contribution is -2.39. The average molecular weight is 292 g/mol. The summed E-state index contributed by atoms with van der Waals surface area (Å²) in [6.07, 6.45) is -3.21. The number of piperidine rings is 1. The Labute approximate surface area is 114 Å². The van der Waals surface area contributed by atoms with E-state index in [0.29, 0.717) is 6.54 Å². The van der Waals surface area contributed by atoms with Gasteiger partial charge in [-0.3, -0.25) is 0 Å². The molecule has 0 unspecified atom stereocenters. The van der Waals surface area contributed by atoms with Gasteiger partial charge in [0.15, 0.2) is 11.6 Å². The van der Waals surface area contributed by atoms with Gasteiger partial charge in [-0.2, -0.15) is 18.2 Å². The number of hydrogen-bond donors (Lipinski definition) is 1. The van der Waals surface area contributed by atoms with Crippen LogP contribution in [0.2, 0.25) is 0 Å². The van der Waals surface area contributed by atoms with Crippen LogP contribution in [-0.4, -0.2) is 35.8 Å². The highest BCUT2D eigenvalue weighted by atomic mass is 19.4. The van der Waals surface area contributed by atoms with Crippen LogP contribution < -0.4 is 10.2 Å². The van der Waals surface area contributed by atoms with Gasteiger partial charge in [-0.1, -0.05) is 0 Å². The van der Waals surface area contributed by atoms with Crippen LogP contribution in [0.5, 0.6) is 0 Å². The van der Waals surface area contributed by atoms with Gasteiger partial charge < -0.3 is 10.2 Å². The third kappa shape index (κ3) is 3.29. The van der Waals surface area contributed by atoms with Crippen molar-refractivity contribution < 1.29 is 17.6 Å². The largest absolute Gasteiger partial charge is 0.391 e. The van der Waals surface area contributed by atoms with E-state index < -0.39 is 17.9 Å². The minimum absolute atomic E-state index is 0.0382. The van der Waals surface area contributed by atoms with Crippen molar-refractivity contribution in [1.29, 1.82) is 0 Å². The third-order valence-electron chi connectivity index (χ3n) is 3.32. The summed E-state index contributed by atoms with van der Waals surface area (Å²) in [6.45, 7) is 2.72. The van der Waals surface area contributed by atoms with Crippen molar-refractivity contribution in [3.63, 3.8) is 0 Å². The molecule has 8 heteroatoms. The number of anilines is 2. The van der Waals surface area contributed by atoms with Gasteiger partial charge in [0.1, 0.15) is 0 Å². The molecule has 20 heavy (non-hydrogen) atoms. The highest BCUT2D eigenvalue weighted by molar-refractivity contribution is 5.44. The Kier molecular flexibility index (Phi) is 4.29. The van der Waals surface area contributed by atoms with Crippen molar-refractivity contribution in [2.24, 2.45) is 5.92 Å². The number of alkyl halides is 3. The van der Waals surface area contributed by atoms with Crippen molar-refractivity contribution in [1.82, 2.24) is 9.97 Å². The van der Waals surface area contributed by atoms with E-state index in [-0.39, 0.29) is 37.7 Å². The fourth-order valence-electron chi connectivity index (χ4n) is 2.24. The topological polar surface area (TPSA) is 41.1 Å². The molecule has 0 aliphatic carbocycles. The number of halogens is 4. The Morgan fingerprint density at radius 3 is 2.55 bits per heavy atom. The van der Waals surface area contributed by atoms with E-state index in [0.717, 1.165) is 6.20 Å². The maximum Gasteiger partial charge on any atom is 0.391 e. The molecule has 1 fully saturated rings. The lowest BCUT2D eigenvalue weighted by molar-refractivity contribution is -0.179. The number of hydrogen-bond acceptors (Lipinski definition) is 4. The van der Waals surface area contributed by atoms with Crippen molar-refractivity contribution in [2.75, 3.05) is 29.9 Å². The van der Waals surface area contributed by atoms with E-state index in [1.165, 1.54) is 0 Å². The minimum Gasteiger partial charge on any atom is -0.354 e. The molecule has 1 N–H and O–H groups in total. The third-order valence-corrected chi connectivity index (χ3v) is 3.32. The first-order valence-electron chi connectivity index (χ1n) is 6.50. The molecule has 2 rings (SSSR count). The Bertz CT molecular complexity index is 455.